The predicted molar refractivity (Wildman–Crippen MR) is 105 cm³/mol. The van der Waals surface area contributed by atoms with Gasteiger partial charge < -0.3 is 14.1 Å². The molecule has 0 radical (unpaired) electrons. The van der Waals surface area contributed by atoms with Crippen LogP contribution in [0.5, 0.6) is 5.75 Å². The molecular formula is C20H23NO6S. The van der Waals surface area contributed by atoms with Crippen LogP contribution in [0.3, 0.4) is 0 Å². The molecule has 1 aliphatic heterocycles. The molecule has 0 bridgehead atoms. The van der Waals surface area contributed by atoms with E-state index < -0.39 is 15.9 Å². The number of aryl methyl sites for hydroxylation is 2. The number of fused-ring (bicyclic) bond motifs is 3. The fourth-order valence-corrected chi connectivity index (χ4v) is 5.22. The Balaban J connectivity index is 1.58. The molecule has 1 saturated heterocycles. The molecule has 8 heteroatoms. The van der Waals surface area contributed by atoms with E-state index in [1.54, 1.807) is 13.0 Å². The number of carbonyl (C=O) groups excluding carboxylic acids is 1. The number of carbonyl (C=O) groups is 1. The number of sulfone groups is 1. The van der Waals surface area contributed by atoms with Crippen LogP contribution in [0.1, 0.15) is 30.0 Å². The number of rotatable bonds is 3. The monoisotopic (exact) mass is 405 g/mol. The first-order chi connectivity index (χ1) is 13.3. The summed E-state index contributed by atoms with van der Waals surface area (Å²) in [5.41, 5.74) is 2.72. The molecule has 150 valence electrons. The van der Waals surface area contributed by atoms with Crippen molar-refractivity contribution in [3.63, 3.8) is 0 Å². The quantitative estimate of drug-likeness (QED) is 0.721. The van der Waals surface area contributed by atoms with Crippen molar-refractivity contribution in [2.24, 2.45) is 0 Å². The van der Waals surface area contributed by atoms with Gasteiger partial charge in [0.2, 0.25) is 0 Å². The van der Waals surface area contributed by atoms with Crippen molar-refractivity contribution in [1.29, 1.82) is 0 Å². The summed E-state index contributed by atoms with van der Waals surface area (Å²) in [6.07, 6.45) is 1.80. The Bertz CT molecular complexity index is 1100. The third-order valence-electron chi connectivity index (χ3n) is 5.65. The molecule has 1 fully saturated rings. The lowest BCUT2D eigenvalue weighted by atomic mass is 10.0. The first kappa shape index (κ1) is 19.0. The Morgan fingerprint density at radius 2 is 1.86 bits per heavy atom. The number of hydrogen-bond donors (Lipinski definition) is 0. The van der Waals surface area contributed by atoms with Gasteiger partial charge in [0.05, 0.1) is 11.5 Å². The Morgan fingerprint density at radius 3 is 2.57 bits per heavy atom. The average Bonchev–Trinajstić information content (AvgIpc) is 3.15. The van der Waals surface area contributed by atoms with E-state index in [1.807, 2.05) is 13.0 Å². The van der Waals surface area contributed by atoms with E-state index in [-0.39, 0.29) is 36.1 Å². The first-order valence-corrected chi connectivity index (χ1v) is 11.3. The van der Waals surface area contributed by atoms with Crippen LogP contribution in [-0.4, -0.2) is 49.9 Å². The highest BCUT2D eigenvalue weighted by atomic mass is 32.2. The molecule has 28 heavy (non-hydrogen) atoms. The van der Waals surface area contributed by atoms with E-state index >= 15 is 0 Å². The molecule has 4 rings (SSSR count). The van der Waals surface area contributed by atoms with Crippen molar-refractivity contribution in [3.8, 4) is 5.75 Å². The van der Waals surface area contributed by atoms with Crippen LogP contribution in [-0.2, 0) is 27.5 Å². The summed E-state index contributed by atoms with van der Waals surface area (Å²) in [5.74, 6) is 0.205. The molecular weight excluding hydrogens is 382 g/mol. The molecule has 7 nitrogen and oxygen atoms in total. The summed E-state index contributed by atoms with van der Waals surface area (Å²) in [5, 5.41) is 0.928. The molecule has 1 aromatic heterocycles. The molecule has 0 N–H and O–H groups in total. The zero-order chi connectivity index (χ0) is 20.1. The fourth-order valence-electron chi connectivity index (χ4n) is 4.02. The van der Waals surface area contributed by atoms with Crippen molar-refractivity contribution in [3.05, 3.63) is 39.2 Å². The average molecular weight is 405 g/mol. The Labute approximate surface area is 163 Å². The van der Waals surface area contributed by atoms with Gasteiger partial charge in [-0.2, -0.15) is 0 Å². The van der Waals surface area contributed by atoms with E-state index in [0.717, 1.165) is 35.8 Å². The number of amides is 1. The number of benzene rings is 1. The van der Waals surface area contributed by atoms with Gasteiger partial charge in [-0.15, -0.1) is 0 Å². The summed E-state index contributed by atoms with van der Waals surface area (Å²) >= 11 is 0. The van der Waals surface area contributed by atoms with Crippen LogP contribution in [0.2, 0.25) is 0 Å². The Hall–Kier alpha value is -2.35. The third-order valence-corrected chi connectivity index (χ3v) is 7.26. The van der Waals surface area contributed by atoms with Gasteiger partial charge in [-0.05, 0) is 50.8 Å². The summed E-state index contributed by atoms with van der Waals surface area (Å²) < 4.78 is 34.5. The van der Waals surface area contributed by atoms with Crippen LogP contribution in [0, 0.1) is 6.92 Å². The molecule has 1 aromatic carbocycles. The van der Waals surface area contributed by atoms with Gasteiger partial charge in [-0.3, -0.25) is 4.79 Å². The minimum absolute atomic E-state index is 0.0171. The molecule has 1 unspecified atom stereocenters. The van der Waals surface area contributed by atoms with Gasteiger partial charge >= 0.3 is 5.63 Å². The molecule has 1 atom stereocenters. The Morgan fingerprint density at radius 1 is 1.18 bits per heavy atom. The van der Waals surface area contributed by atoms with Gasteiger partial charge in [0.25, 0.3) is 5.91 Å². The second kappa shape index (κ2) is 6.92. The molecule has 2 aliphatic rings. The van der Waals surface area contributed by atoms with Gasteiger partial charge in [-0.25, -0.2) is 13.2 Å². The number of ether oxygens (including phenoxy) is 1. The van der Waals surface area contributed by atoms with Crippen LogP contribution in [0.4, 0.5) is 0 Å². The van der Waals surface area contributed by atoms with Crippen molar-refractivity contribution in [2.75, 3.05) is 24.6 Å². The summed E-state index contributed by atoms with van der Waals surface area (Å²) in [7, 11) is -3.05. The minimum atomic E-state index is -3.05. The van der Waals surface area contributed by atoms with Gasteiger partial charge in [0.15, 0.2) is 15.9 Å². The van der Waals surface area contributed by atoms with Gasteiger partial charge in [-0.1, -0.05) is 0 Å². The lowest BCUT2D eigenvalue weighted by Gasteiger charge is -2.29. The van der Waals surface area contributed by atoms with Crippen LogP contribution in [0.15, 0.2) is 21.3 Å². The standard InChI is InChI=1S/C20H23NO6S/c1-12-17(26-13(2)19(22)21-8-10-28(24,25)11-9-21)7-6-15-14-4-3-5-16(14)20(23)27-18(12)15/h6-7,13H,3-5,8-11H2,1-2H3. The zero-order valence-electron chi connectivity index (χ0n) is 16.0. The highest BCUT2D eigenvalue weighted by Gasteiger charge is 2.29. The third kappa shape index (κ3) is 3.30. The van der Waals surface area contributed by atoms with E-state index in [2.05, 4.69) is 0 Å². The highest BCUT2D eigenvalue weighted by Crippen LogP contribution is 2.33. The lowest BCUT2D eigenvalue weighted by molar-refractivity contribution is -0.137. The maximum atomic E-state index is 12.6. The van der Waals surface area contributed by atoms with E-state index in [0.29, 0.717) is 16.9 Å². The van der Waals surface area contributed by atoms with Crippen LogP contribution in [0.25, 0.3) is 11.0 Å². The lowest BCUT2D eigenvalue weighted by Crippen LogP contribution is -2.48. The smallest absolute Gasteiger partial charge is 0.339 e. The second-order valence-corrected chi connectivity index (χ2v) is 9.81. The molecule has 2 aromatic rings. The van der Waals surface area contributed by atoms with Gasteiger partial charge in [0.1, 0.15) is 11.3 Å². The number of hydrogen-bond acceptors (Lipinski definition) is 6. The van der Waals surface area contributed by atoms with Crippen molar-refractivity contribution in [1.82, 2.24) is 4.90 Å². The molecule has 1 aliphatic carbocycles. The van der Waals surface area contributed by atoms with Crippen LogP contribution < -0.4 is 10.4 Å². The largest absolute Gasteiger partial charge is 0.480 e. The maximum absolute atomic E-state index is 12.6. The van der Waals surface area contributed by atoms with Crippen molar-refractivity contribution in [2.45, 2.75) is 39.2 Å². The number of nitrogens with zero attached hydrogens (tertiary/aromatic N) is 1. The van der Waals surface area contributed by atoms with Crippen molar-refractivity contribution < 1.29 is 22.4 Å². The second-order valence-electron chi connectivity index (χ2n) is 7.50. The fraction of sp³-hybridized carbons (Fsp3) is 0.500. The SMILES string of the molecule is Cc1c(OC(C)C(=O)N2CCS(=O)(=O)CC2)ccc2c3c(c(=O)oc12)CCC3. The molecule has 0 saturated carbocycles. The van der Waals surface area contributed by atoms with Crippen LogP contribution >= 0.6 is 0 Å². The molecule has 0 spiro atoms. The first-order valence-electron chi connectivity index (χ1n) is 9.51. The molecule has 2 heterocycles. The zero-order valence-corrected chi connectivity index (χ0v) is 16.8. The van der Waals surface area contributed by atoms with E-state index in [1.165, 1.54) is 4.90 Å². The topological polar surface area (TPSA) is 93.9 Å². The summed E-state index contributed by atoms with van der Waals surface area (Å²) in [6, 6.07) is 3.69. The predicted octanol–water partition coefficient (Wildman–Crippen LogP) is 1.61. The summed E-state index contributed by atoms with van der Waals surface area (Å²) in [4.78, 5) is 26.4. The minimum Gasteiger partial charge on any atom is -0.480 e. The highest BCUT2D eigenvalue weighted by molar-refractivity contribution is 7.91. The molecule has 1 amide bonds. The van der Waals surface area contributed by atoms with Gasteiger partial charge in [0, 0.05) is 29.6 Å². The summed E-state index contributed by atoms with van der Waals surface area (Å²) in [6.45, 7) is 3.83. The van der Waals surface area contributed by atoms with E-state index in [4.69, 9.17) is 9.15 Å². The Kier molecular flexibility index (Phi) is 4.69. The normalized spacial score (nSPS) is 19.4. The van der Waals surface area contributed by atoms with E-state index in [9.17, 15) is 18.0 Å². The van der Waals surface area contributed by atoms with Crippen molar-refractivity contribution >= 4 is 26.7 Å². The maximum Gasteiger partial charge on any atom is 0.339 e.